The Labute approximate surface area is 228 Å². The molecule has 0 bridgehead atoms. The van der Waals surface area contributed by atoms with Crippen molar-refractivity contribution in [1.82, 2.24) is 5.32 Å². The lowest BCUT2D eigenvalue weighted by molar-refractivity contribution is -0.209. The molecule has 3 atom stereocenters. The van der Waals surface area contributed by atoms with E-state index in [1.165, 1.54) is 24.3 Å². The number of halogens is 3. The zero-order valence-corrected chi connectivity index (χ0v) is 21.5. The van der Waals surface area contributed by atoms with Crippen LogP contribution < -0.4 is 5.32 Å². The first kappa shape index (κ1) is 28.3. The number of alkyl halides is 3. The highest BCUT2D eigenvalue weighted by Gasteiger charge is 2.64. The topological polar surface area (TPSA) is 120 Å². The first-order chi connectivity index (χ1) is 19.1. The Morgan fingerprint density at radius 2 is 1.85 bits per heavy atom. The van der Waals surface area contributed by atoms with E-state index < -0.39 is 54.7 Å². The average molecular weight is 566 g/mol. The maximum Gasteiger partial charge on any atom is 0.422 e. The SMILES string of the molecule is O=C(C=Cc1cccc(C(=O)O[C@@H]2CC(C(=O)NCCO)=C[C@H]3OC(C4CC4)(C4CC4)O[C@H]32)c1)OCC(F)(F)F. The van der Waals surface area contributed by atoms with Crippen LogP contribution in [0.25, 0.3) is 6.08 Å². The Hall–Kier alpha value is -3.22. The number of hydrogen-bond donors (Lipinski definition) is 2. The van der Waals surface area contributed by atoms with Gasteiger partial charge in [-0.25, -0.2) is 9.59 Å². The Morgan fingerprint density at radius 1 is 1.12 bits per heavy atom. The van der Waals surface area contributed by atoms with E-state index in [0.717, 1.165) is 31.8 Å². The van der Waals surface area contributed by atoms with Gasteiger partial charge in [0.05, 0.1) is 12.2 Å². The summed E-state index contributed by atoms with van der Waals surface area (Å²) >= 11 is 0. The summed E-state index contributed by atoms with van der Waals surface area (Å²) in [4.78, 5) is 37.5. The third-order valence-corrected chi connectivity index (χ3v) is 7.27. The number of ether oxygens (including phenoxy) is 4. The standard InChI is InChI=1S/C28H30F3NO8/c29-27(30,31)15-37-23(34)9-4-16-2-1-3-17(12-16)26(36)38-21-13-18(25(35)32-10-11-33)14-22-24(21)40-28(39-22,19-5-6-19)20-7-8-20/h1-4,9,12,14,19-22,24,33H,5-8,10-11,13,15H2,(H,32,35)/t21-,22-,24+/m1/s1. The summed E-state index contributed by atoms with van der Waals surface area (Å²) in [5.41, 5.74) is 0.871. The number of aliphatic hydroxyl groups is 1. The van der Waals surface area contributed by atoms with Gasteiger partial charge in [-0.05, 0) is 55.5 Å². The first-order valence-corrected chi connectivity index (χ1v) is 13.3. The lowest BCUT2D eigenvalue weighted by Gasteiger charge is -2.31. The number of esters is 2. The molecule has 1 aliphatic heterocycles. The van der Waals surface area contributed by atoms with Gasteiger partial charge in [0.1, 0.15) is 18.3 Å². The molecule has 5 rings (SSSR count). The summed E-state index contributed by atoms with van der Waals surface area (Å²) in [6.07, 6.45) is 1.16. The minimum absolute atomic E-state index is 0.0736. The maximum atomic E-state index is 13.2. The van der Waals surface area contributed by atoms with Gasteiger partial charge < -0.3 is 29.4 Å². The summed E-state index contributed by atoms with van der Waals surface area (Å²) < 4.78 is 59.7. The fraction of sp³-hybridized carbons (Fsp3) is 0.536. The molecular weight excluding hydrogens is 535 g/mol. The molecule has 40 heavy (non-hydrogen) atoms. The molecule has 1 amide bonds. The zero-order chi connectivity index (χ0) is 28.5. The lowest BCUT2D eigenvalue weighted by atomic mass is 9.91. The highest BCUT2D eigenvalue weighted by Crippen LogP contribution is 2.59. The molecule has 0 unspecified atom stereocenters. The van der Waals surface area contributed by atoms with Gasteiger partial charge in [0, 0.05) is 36.5 Å². The molecule has 2 saturated carbocycles. The second kappa shape index (κ2) is 11.3. The second-order valence-corrected chi connectivity index (χ2v) is 10.4. The molecule has 4 aliphatic rings. The molecule has 0 spiro atoms. The number of fused-ring (bicyclic) bond motifs is 1. The van der Waals surface area contributed by atoms with Gasteiger partial charge in [-0.15, -0.1) is 0 Å². The number of amides is 1. The van der Waals surface area contributed by atoms with Gasteiger partial charge in [0.2, 0.25) is 5.91 Å². The van der Waals surface area contributed by atoms with Crippen molar-refractivity contribution in [3.63, 3.8) is 0 Å². The van der Waals surface area contributed by atoms with E-state index in [9.17, 15) is 27.6 Å². The van der Waals surface area contributed by atoms with Gasteiger partial charge in [-0.3, -0.25) is 4.79 Å². The van der Waals surface area contributed by atoms with Crippen molar-refractivity contribution in [2.24, 2.45) is 11.8 Å². The van der Waals surface area contributed by atoms with E-state index in [2.05, 4.69) is 10.1 Å². The maximum absolute atomic E-state index is 13.2. The van der Waals surface area contributed by atoms with Crippen LogP contribution in [0.15, 0.2) is 42.0 Å². The van der Waals surface area contributed by atoms with Crippen molar-refractivity contribution in [2.75, 3.05) is 19.8 Å². The monoisotopic (exact) mass is 565 g/mol. The summed E-state index contributed by atoms with van der Waals surface area (Å²) in [6, 6.07) is 6.01. The Morgan fingerprint density at radius 3 is 2.50 bits per heavy atom. The van der Waals surface area contributed by atoms with Crippen molar-refractivity contribution in [1.29, 1.82) is 0 Å². The van der Waals surface area contributed by atoms with Crippen LogP contribution in [0.1, 0.15) is 48.0 Å². The molecule has 1 heterocycles. The number of carbonyl (C=O) groups is 3. The van der Waals surface area contributed by atoms with Crippen LogP contribution in [0.3, 0.4) is 0 Å². The zero-order valence-electron chi connectivity index (χ0n) is 21.5. The van der Waals surface area contributed by atoms with E-state index in [1.54, 1.807) is 12.1 Å². The molecule has 3 fully saturated rings. The van der Waals surface area contributed by atoms with Crippen LogP contribution in [0.4, 0.5) is 13.2 Å². The molecule has 0 radical (unpaired) electrons. The van der Waals surface area contributed by atoms with Gasteiger partial charge >= 0.3 is 18.1 Å². The normalized spacial score (nSPS) is 25.7. The lowest BCUT2D eigenvalue weighted by Crippen LogP contribution is -2.44. The van der Waals surface area contributed by atoms with Crippen LogP contribution in [0.5, 0.6) is 0 Å². The summed E-state index contributed by atoms with van der Waals surface area (Å²) in [7, 11) is 0. The highest BCUT2D eigenvalue weighted by molar-refractivity contribution is 5.94. The predicted octanol–water partition coefficient (Wildman–Crippen LogP) is 3.07. The summed E-state index contributed by atoms with van der Waals surface area (Å²) in [5, 5.41) is 11.7. The molecule has 216 valence electrons. The number of carbonyl (C=O) groups excluding carboxylic acids is 3. The largest absolute Gasteiger partial charge is 0.456 e. The third kappa shape index (κ3) is 6.56. The molecular formula is C28H30F3NO8. The van der Waals surface area contributed by atoms with Crippen molar-refractivity contribution in [3.05, 3.63) is 53.1 Å². The molecule has 1 saturated heterocycles. The predicted molar refractivity (Wildman–Crippen MR) is 132 cm³/mol. The van der Waals surface area contributed by atoms with E-state index in [4.69, 9.17) is 19.3 Å². The van der Waals surface area contributed by atoms with Crippen molar-refractivity contribution in [2.45, 2.75) is 62.4 Å². The summed E-state index contributed by atoms with van der Waals surface area (Å²) in [5.74, 6) is -2.50. The van der Waals surface area contributed by atoms with Crippen LogP contribution >= 0.6 is 0 Å². The number of aliphatic hydroxyl groups excluding tert-OH is 1. The van der Waals surface area contributed by atoms with E-state index >= 15 is 0 Å². The van der Waals surface area contributed by atoms with Crippen LogP contribution in [-0.2, 0) is 28.5 Å². The quantitative estimate of drug-likeness (QED) is 0.328. The number of hydrogen-bond acceptors (Lipinski definition) is 8. The van der Waals surface area contributed by atoms with Crippen molar-refractivity contribution >= 4 is 23.9 Å². The van der Waals surface area contributed by atoms with Crippen LogP contribution in [0.2, 0.25) is 0 Å². The van der Waals surface area contributed by atoms with E-state index in [0.29, 0.717) is 11.1 Å². The molecule has 12 heteroatoms. The number of benzene rings is 1. The van der Waals surface area contributed by atoms with Crippen molar-refractivity contribution in [3.8, 4) is 0 Å². The van der Waals surface area contributed by atoms with Crippen LogP contribution in [-0.4, -0.2) is 73.0 Å². The summed E-state index contributed by atoms with van der Waals surface area (Å²) in [6.45, 7) is -1.85. The minimum Gasteiger partial charge on any atom is -0.456 e. The molecule has 0 aromatic heterocycles. The fourth-order valence-electron chi connectivity index (χ4n) is 5.19. The molecule has 1 aromatic carbocycles. The molecule has 2 N–H and O–H groups in total. The van der Waals surface area contributed by atoms with E-state index in [-0.39, 0.29) is 37.0 Å². The number of nitrogens with one attached hydrogen (secondary N) is 1. The molecule has 3 aliphatic carbocycles. The average Bonchev–Trinajstić information content (AvgIpc) is 3.86. The Kier molecular flexibility index (Phi) is 8.03. The molecule has 9 nitrogen and oxygen atoms in total. The number of rotatable bonds is 10. The Bertz CT molecular complexity index is 1190. The smallest absolute Gasteiger partial charge is 0.422 e. The van der Waals surface area contributed by atoms with Gasteiger partial charge in [-0.2, -0.15) is 13.2 Å². The van der Waals surface area contributed by atoms with Gasteiger partial charge in [-0.1, -0.05) is 12.1 Å². The van der Waals surface area contributed by atoms with E-state index in [1.807, 2.05) is 0 Å². The molecule has 1 aromatic rings. The highest BCUT2D eigenvalue weighted by atomic mass is 19.4. The van der Waals surface area contributed by atoms with Crippen molar-refractivity contribution < 1.29 is 51.6 Å². The third-order valence-electron chi connectivity index (χ3n) is 7.27. The first-order valence-electron chi connectivity index (χ1n) is 13.3. The second-order valence-electron chi connectivity index (χ2n) is 10.4. The minimum atomic E-state index is -4.63. The Balaban J connectivity index is 1.30. The van der Waals surface area contributed by atoms with Gasteiger partial charge in [0.15, 0.2) is 12.4 Å². The fourth-order valence-corrected chi connectivity index (χ4v) is 5.19. The van der Waals surface area contributed by atoms with Gasteiger partial charge in [0.25, 0.3) is 0 Å². The van der Waals surface area contributed by atoms with Crippen LogP contribution in [0, 0.1) is 11.8 Å².